The van der Waals surface area contributed by atoms with E-state index >= 15 is 0 Å². The van der Waals surface area contributed by atoms with E-state index in [1.807, 2.05) is 72.7 Å². The van der Waals surface area contributed by atoms with Crippen LogP contribution in [0.3, 0.4) is 0 Å². The number of hydrogen-bond donors (Lipinski definition) is 1. The molecule has 1 N–H and O–H groups in total. The van der Waals surface area contributed by atoms with Crippen LogP contribution < -0.4 is 10.1 Å². The van der Waals surface area contributed by atoms with E-state index in [1.54, 1.807) is 4.90 Å². The van der Waals surface area contributed by atoms with E-state index < -0.39 is 5.60 Å². The summed E-state index contributed by atoms with van der Waals surface area (Å²) in [5.41, 5.74) is 0.108. The van der Waals surface area contributed by atoms with Crippen LogP contribution in [-0.2, 0) is 4.74 Å². The van der Waals surface area contributed by atoms with Crippen molar-refractivity contribution in [2.24, 2.45) is 0 Å². The molecular formula is C19H32N2O3. The second-order valence-corrected chi connectivity index (χ2v) is 7.66. The van der Waals surface area contributed by atoms with Crippen molar-refractivity contribution in [1.82, 2.24) is 4.90 Å². The lowest BCUT2D eigenvalue weighted by Gasteiger charge is -2.37. The highest BCUT2D eigenvalue weighted by atomic mass is 16.6. The SMILES string of the molecule is CCOc1ccccc1NCCN(C(=O)OC(C)(C)C)C(C)(C)C. The molecule has 24 heavy (non-hydrogen) atoms. The first-order chi connectivity index (χ1) is 11.0. The van der Waals surface area contributed by atoms with Gasteiger partial charge in [-0.25, -0.2) is 4.79 Å². The van der Waals surface area contributed by atoms with E-state index in [0.29, 0.717) is 19.7 Å². The van der Waals surface area contributed by atoms with Crippen molar-refractivity contribution in [3.63, 3.8) is 0 Å². The average Bonchev–Trinajstić information content (AvgIpc) is 2.42. The molecule has 5 heteroatoms. The zero-order valence-corrected chi connectivity index (χ0v) is 16.1. The summed E-state index contributed by atoms with van der Waals surface area (Å²) in [6.45, 7) is 15.4. The lowest BCUT2D eigenvalue weighted by Crippen LogP contribution is -2.49. The number of benzene rings is 1. The molecule has 0 saturated heterocycles. The molecule has 0 bridgehead atoms. The summed E-state index contributed by atoms with van der Waals surface area (Å²) in [6.07, 6.45) is -0.296. The molecular weight excluding hydrogens is 304 g/mol. The van der Waals surface area contributed by atoms with E-state index in [9.17, 15) is 4.79 Å². The minimum atomic E-state index is -0.504. The van der Waals surface area contributed by atoms with Crippen molar-refractivity contribution in [2.75, 3.05) is 25.0 Å². The molecule has 0 radical (unpaired) electrons. The molecule has 1 rings (SSSR count). The van der Waals surface area contributed by atoms with Gasteiger partial charge in [0.2, 0.25) is 0 Å². The third kappa shape index (κ3) is 6.69. The Kier molecular flexibility index (Phi) is 6.93. The number of rotatable bonds is 6. The van der Waals surface area contributed by atoms with Gasteiger partial charge in [0.05, 0.1) is 12.3 Å². The van der Waals surface area contributed by atoms with Crippen LogP contribution in [0.5, 0.6) is 5.75 Å². The second kappa shape index (κ2) is 8.27. The summed E-state index contributed by atoms with van der Waals surface area (Å²) in [5, 5.41) is 3.34. The number of hydrogen-bond acceptors (Lipinski definition) is 4. The molecule has 1 aromatic carbocycles. The van der Waals surface area contributed by atoms with Crippen LogP contribution in [-0.4, -0.2) is 41.8 Å². The Labute approximate surface area is 146 Å². The number of carbonyl (C=O) groups excluding carboxylic acids is 1. The molecule has 0 aliphatic heterocycles. The largest absolute Gasteiger partial charge is 0.492 e. The third-order valence-corrected chi connectivity index (χ3v) is 3.26. The van der Waals surface area contributed by atoms with Gasteiger partial charge in [0.1, 0.15) is 11.4 Å². The van der Waals surface area contributed by atoms with Crippen LogP contribution in [0.2, 0.25) is 0 Å². The van der Waals surface area contributed by atoms with Crippen LogP contribution in [0, 0.1) is 0 Å². The zero-order valence-electron chi connectivity index (χ0n) is 16.1. The molecule has 0 fully saturated rings. The smallest absolute Gasteiger partial charge is 0.410 e. The number of amides is 1. The highest BCUT2D eigenvalue weighted by Crippen LogP contribution is 2.24. The number of ether oxygens (including phenoxy) is 2. The van der Waals surface area contributed by atoms with E-state index in [1.165, 1.54) is 0 Å². The van der Waals surface area contributed by atoms with Crippen LogP contribution >= 0.6 is 0 Å². The van der Waals surface area contributed by atoms with Crippen molar-refractivity contribution in [3.05, 3.63) is 24.3 Å². The van der Waals surface area contributed by atoms with E-state index in [4.69, 9.17) is 9.47 Å². The molecule has 0 atom stereocenters. The predicted molar refractivity (Wildman–Crippen MR) is 98.8 cm³/mol. The van der Waals surface area contributed by atoms with Crippen molar-refractivity contribution < 1.29 is 14.3 Å². The molecule has 0 heterocycles. The maximum atomic E-state index is 12.5. The average molecular weight is 336 g/mol. The van der Waals surface area contributed by atoms with Crippen LogP contribution in [0.4, 0.5) is 10.5 Å². The van der Waals surface area contributed by atoms with Gasteiger partial charge >= 0.3 is 6.09 Å². The molecule has 0 spiro atoms. The van der Waals surface area contributed by atoms with Crippen molar-refractivity contribution in [1.29, 1.82) is 0 Å². The quantitative estimate of drug-likeness (QED) is 0.829. The molecule has 0 aliphatic rings. The lowest BCUT2D eigenvalue weighted by molar-refractivity contribution is 0.00749. The summed E-state index contributed by atoms with van der Waals surface area (Å²) < 4.78 is 11.1. The Balaban J connectivity index is 2.72. The summed E-state index contributed by atoms with van der Waals surface area (Å²) in [7, 11) is 0. The number of para-hydroxylation sites is 2. The predicted octanol–water partition coefficient (Wildman–Crippen LogP) is 4.53. The molecule has 0 saturated carbocycles. The number of nitrogens with zero attached hydrogens (tertiary/aromatic N) is 1. The first-order valence-electron chi connectivity index (χ1n) is 8.51. The van der Waals surface area contributed by atoms with Gasteiger partial charge in [-0.2, -0.15) is 0 Å². The molecule has 136 valence electrons. The summed E-state index contributed by atoms with van der Waals surface area (Å²) in [5.74, 6) is 0.819. The maximum Gasteiger partial charge on any atom is 0.410 e. The molecule has 1 aromatic rings. The maximum absolute atomic E-state index is 12.5. The van der Waals surface area contributed by atoms with Crippen molar-refractivity contribution in [3.8, 4) is 5.75 Å². The highest BCUT2D eigenvalue weighted by molar-refractivity contribution is 5.69. The zero-order chi connectivity index (χ0) is 18.4. The summed E-state index contributed by atoms with van der Waals surface area (Å²) in [6, 6.07) is 7.81. The molecule has 0 unspecified atom stereocenters. The van der Waals surface area contributed by atoms with Gasteiger partial charge in [-0.15, -0.1) is 0 Å². The summed E-state index contributed by atoms with van der Waals surface area (Å²) >= 11 is 0. The third-order valence-electron chi connectivity index (χ3n) is 3.26. The minimum absolute atomic E-state index is 0.296. The fourth-order valence-electron chi connectivity index (χ4n) is 2.21. The van der Waals surface area contributed by atoms with Gasteiger partial charge in [-0.3, -0.25) is 0 Å². The number of carbonyl (C=O) groups is 1. The molecule has 5 nitrogen and oxygen atoms in total. The Hall–Kier alpha value is -1.91. The fourth-order valence-corrected chi connectivity index (χ4v) is 2.21. The van der Waals surface area contributed by atoms with Gasteiger partial charge in [0.15, 0.2) is 0 Å². The second-order valence-electron chi connectivity index (χ2n) is 7.66. The van der Waals surface area contributed by atoms with Crippen LogP contribution in [0.25, 0.3) is 0 Å². The normalized spacial score (nSPS) is 11.8. The van der Waals surface area contributed by atoms with E-state index in [0.717, 1.165) is 11.4 Å². The van der Waals surface area contributed by atoms with Crippen LogP contribution in [0.15, 0.2) is 24.3 Å². The van der Waals surface area contributed by atoms with E-state index in [-0.39, 0.29) is 11.6 Å². The van der Waals surface area contributed by atoms with Gasteiger partial charge in [-0.1, -0.05) is 12.1 Å². The van der Waals surface area contributed by atoms with Gasteiger partial charge in [0.25, 0.3) is 0 Å². The first kappa shape index (κ1) is 20.1. The Morgan fingerprint density at radius 1 is 1.12 bits per heavy atom. The Morgan fingerprint density at radius 3 is 2.29 bits per heavy atom. The first-order valence-corrected chi connectivity index (χ1v) is 8.51. The van der Waals surface area contributed by atoms with Crippen LogP contribution in [0.1, 0.15) is 48.5 Å². The standard InChI is InChI=1S/C19H32N2O3/c1-8-23-16-12-10-9-11-15(16)20-13-14-21(18(2,3)4)17(22)24-19(5,6)7/h9-12,20H,8,13-14H2,1-7H3. The molecule has 0 aliphatic carbocycles. The van der Waals surface area contributed by atoms with Crippen molar-refractivity contribution in [2.45, 2.75) is 59.6 Å². The Bertz CT molecular complexity index is 530. The monoisotopic (exact) mass is 336 g/mol. The minimum Gasteiger partial charge on any atom is -0.492 e. The topological polar surface area (TPSA) is 50.8 Å². The van der Waals surface area contributed by atoms with Gasteiger partial charge < -0.3 is 19.7 Å². The molecule has 0 aromatic heterocycles. The number of nitrogens with one attached hydrogen (secondary N) is 1. The fraction of sp³-hybridized carbons (Fsp3) is 0.632. The molecule has 1 amide bonds. The number of anilines is 1. The van der Waals surface area contributed by atoms with Gasteiger partial charge in [0, 0.05) is 18.6 Å². The highest BCUT2D eigenvalue weighted by Gasteiger charge is 2.30. The lowest BCUT2D eigenvalue weighted by atomic mass is 10.1. The van der Waals surface area contributed by atoms with E-state index in [2.05, 4.69) is 5.32 Å². The van der Waals surface area contributed by atoms with Gasteiger partial charge in [-0.05, 0) is 60.6 Å². The summed E-state index contributed by atoms with van der Waals surface area (Å²) in [4.78, 5) is 14.2. The Morgan fingerprint density at radius 2 is 1.75 bits per heavy atom. The van der Waals surface area contributed by atoms with Crippen molar-refractivity contribution >= 4 is 11.8 Å².